The van der Waals surface area contributed by atoms with E-state index >= 15 is 0 Å². The standard InChI is InChI=1S/C21H22N4O2/c1-22-12-19(26)24(2)15-7-5-14(6-8-15)18-13-25-11-3-4-17-20(25)16(18)9-10-23-21(17)27/h3-8,11,13,22H,9-10,12H2,1-2H3,(H,23,27). The Bertz CT molecular complexity index is 1020. The summed E-state index contributed by atoms with van der Waals surface area (Å²) in [6.45, 7) is 0.927. The van der Waals surface area contributed by atoms with Gasteiger partial charge in [-0.25, -0.2) is 0 Å². The molecule has 0 atom stereocenters. The van der Waals surface area contributed by atoms with Gasteiger partial charge >= 0.3 is 0 Å². The molecule has 0 bridgehead atoms. The number of hydrogen-bond donors (Lipinski definition) is 2. The minimum absolute atomic E-state index is 0.0145. The number of benzene rings is 1. The Morgan fingerprint density at radius 3 is 2.74 bits per heavy atom. The van der Waals surface area contributed by atoms with Crippen molar-refractivity contribution in [2.24, 2.45) is 0 Å². The third kappa shape index (κ3) is 2.98. The second-order valence-corrected chi connectivity index (χ2v) is 6.73. The number of anilines is 1. The average molecular weight is 362 g/mol. The predicted octanol–water partition coefficient (Wildman–Crippen LogP) is 2.07. The lowest BCUT2D eigenvalue weighted by molar-refractivity contribution is -0.117. The molecule has 0 saturated carbocycles. The molecule has 138 valence electrons. The summed E-state index contributed by atoms with van der Waals surface area (Å²) in [6.07, 6.45) is 4.84. The SMILES string of the molecule is CNCC(=O)N(C)c1ccc(-c2cn3cccc4c3c2CCNC4=O)cc1. The number of carbonyl (C=O) groups excluding carboxylic acids is 2. The zero-order valence-corrected chi connectivity index (χ0v) is 15.5. The van der Waals surface area contributed by atoms with Crippen molar-refractivity contribution >= 4 is 23.0 Å². The number of likely N-dealkylation sites (N-methyl/N-ethyl adjacent to an activating group) is 2. The van der Waals surface area contributed by atoms with Gasteiger partial charge in [-0.15, -0.1) is 0 Å². The number of hydrogen-bond acceptors (Lipinski definition) is 3. The maximum atomic E-state index is 12.3. The summed E-state index contributed by atoms with van der Waals surface area (Å²) in [5.74, 6) is -0.00955. The molecule has 6 nitrogen and oxygen atoms in total. The van der Waals surface area contributed by atoms with E-state index in [1.807, 2.05) is 47.0 Å². The van der Waals surface area contributed by atoms with Gasteiger partial charge in [0.1, 0.15) is 0 Å². The van der Waals surface area contributed by atoms with Crippen LogP contribution in [0.15, 0.2) is 48.8 Å². The lowest BCUT2D eigenvalue weighted by Gasteiger charge is -2.17. The predicted molar refractivity (Wildman–Crippen MR) is 106 cm³/mol. The molecule has 0 saturated heterocycles. The van der Waals surface area contributed by atoms with Crippen LogP contribution >= 0.6 is 0 Å². The van der Waals surface area contributed by atoms with Crippen LogP contribution in [0.1, 0.15) is 15.9 Å². The molecule has 0 unspecified atom stereocenters. The minimum Gasteiger partial charge on any atom is -0.352 e. The van der Waals surface area contributed by atoms with Crippen molar-refractivity contribution in [2.75, 3.05) is 32.1 Å². The molecule has 3 heterocycles. The Morgan fingerprint density at radius 1 is 1.22 bits per heavy atom. The van der Waals surface area contributed by atoms with Crippen molar-refractivity contribution in [2.45, 2.75) is 6.42 Å². The topological polar surface area (TPSA) is 65.8 Å². The van der Waals surface area contributed by atoms with E-state index < -0.39 is 0 Å². The minimum atomic E-state index is -0.0241. The summed E-state index contributed by atoms with van der Waals surface area (Å²) >= 11 is 0. The van der Waals surface area contributed by atoms with Crippen molar-refractivity contribution in [1.29, 1.82) is 0 Å². The van der Waals surface area contributed by atoms with E-state index in [0.29, 0.717) is 18.7 Å². The molecule has 0 radical (unpaired) electrons. The maximum absolute atomic E-state index is 12.3. The maximum Gasteiger partial charge on any atom is 0.253 e. The highest BCUT2D eigenvalue weighted by Gasteiger charge is 2.21. The van der Waals surface area contributed by atoms with Crippen LogP contribution in [-0.4, -0.2) is 43.4 Å². The van der Waals surface area contributed by atoms with Crippen molar-refractivity contribution in [3.8, 4) is 11.1 Å². The number of nitrogens with zero attached hydrogens (tertiary/aromatic N) is 2. The van der Waals surface area contributed by atoms with E-state index in [9.17, 15) is 9.59 Å². The van der Waals surface area contributed by atoms with Gasteiger partial charge in [0.15, 0.2) is 0 Å². The van der Waals surface area contributed by atoms with E-state index in [1.54, 1.807) is 19.0 Å². The fourth-order valence-corrected chi connectivity index (χ4v) is 3.65. The lowest BCUT2D eigenvalue weighted by atomic mass is 10.00. The summed E-state index contributed by atoms with van der Waals surface area (Å²) in [5.41, 5.74) is 5.92. The fourth-order valence-electron chi connectivity index (χ4n) is 3.65. The van der Waals surface area contributed by atoms with E-state index in [0.717, 1.165) is 28.8 Å². The molecule has 6 heteroatoms. The quantitative estimate of drug-likeness (QED) is 0.747. The lowest BCUT2D eigenvalue weighted by Crippen LogP contribution is -2.33. The van der Waals surface area contributed by atoms with Gasteiger partial charge in [-0.05, 0) is 48.9 Å². The van der Waals surface area contributed by atoms with Crippen LogP contribution in [0.5, 0.6) is 0 Å². The zero-order chi connectivity index (χ0) is 19.0. The van der Waals surface area contributed by atoms with Crippen LogP contribution in [0.25, 0.3) is 16.6 Å². The highest BCUT2D eigenvalue weighted by Crippen LogP contribution is 2.33. The van der Waals surface area contributed by atoms with E-state index in [1.165, 1.54) is 5.56 Å². The monoisotopic (exact) mass is 362 g/mol. The summed E-state index contributed by atoms with van der Waals surface area (Å²) in [7, 11) is 3.54. The Kier molecular flexibility index (Phi) is 4.41. The second-order valence-electron chi connectivity index (χ2n) is 6.73. The highest BCUT2D eigenvalue weighted by atomic mass is 16.2. The Labute approximate surface area is 157 Å². The molecule has 0 fully saturated rings. The zero-order valence-electron chi connectivity index (χ0n) is 15.5. The Balaban J connectivity index is 1.75. The number of amides is 2. The van der Waals surface area contributed by atoms with Crippen LogP contribution in [-0.2, 0) is 11.2 Å². The molecule has 4 rings (SSSR count). The van der Waals surface area contributed by atoms with Crippen LogP contribution < -0.4 is 15.5 Å². The average Bonchev–Trinajstić information content (AvgIpc) is 2.97. The van der Waals surface area contributed by atoms with Crippen LogP contribution in [0.4, 0.5) is 5.69 Å². The Hall–Kier alpha value is -3.12. The molecule has 0 aliphatic carbocycles. The summed E-state index contributed by atoms with van der Waals surface area (Å²) < 4.78 is 2.03. The molecule has 3 aromatic rings. The molecule has 1 aromatic carbocycles. The number of pyridine rings is 1. The molecule has 2 amide bonds. The van der Waals surface area contributed by atoms with Gasteiger partial charge in [-0.3, -0.25) is 9.59 Å². The van der Waals surface area contributed by atoms with E-state index in [-0.39, 0.29) is 11.8 Å². The normalized spacial score (nSPS) is 13.3. The smallest absolute Gasteiger partial charge is 0.253 e. The van der Waals surface area contributed by atoms with Gasteiger partial charge in [0, 0.05) is 37.2 Å². The van der Waals surface area contributed by atoms with Gasteiger partial charge in [0.05, 0.1) is 17.6 Å². The summed E-state index contributed by atoms with van der Waals surface area (Å²) in [5, 5.41) is 5.84. The third-order valence-electron chi connectivity index (χ3n) is 5.07. The van der Waals surface area contributed by atoms with Crippen molar-refractivity contribution < 1.29 is 9.59 Å². The van der Waals surface area contributed by atoms with E-state index in [4.69, 9.17) is 0 Å². The molecule has 1 aliphatic heterocycles. The van der Waals surface area contributed by atoms with Crippen molar-refractivity contribution in [3.63, 3.8) is 0 Å². The molecule has 1 aliphatic rings. The fraction of sp³-hybridized carbons (Fsp3) is 0.238. The van der Waals surface area contributed by atoms with Gasteiger partial charge in [0.25, 0.3) is 5.91 Å². The van der Waals surface area contributed by atoms with Crippen LogP contribution in [0.3, 0.4) is 0 Å². The van der Waals surface area contributed by atoms with Gasteiger partial charge in [-0.2, -0.15) is 0 Å². The molecule has 2 aromatic heterocycles. The van der Waals surface area contributed by atoms with Gasteiger partial charge in [-0.1, -0.05) is 12.1 Å². The first-order chi connectivity index (χ1) is 13.1. The summed E-state index contributed by atoms with van der Waals surface area (Å²) in [4.78, 5) is 26.0. The van der Waals surface area contributed by atoms with Crippen molar-refractivity contribution in [3.05, 3.63) is 59.9 Å². The number of aromatic nitrogens is 1. The molecule has 2 N–H and O–H groups in total. The number of carbonyl (C=O) groups is 2. The Morgan fingerprint density at radius 2 is 2.00 bits per heavy atom. The molecule has 27 heavy (non-hydrogen) atoms. The first-order valence-electron chi connectivity index (χ1n) is 9.02. The first kappa shape index (κ1) is 17.3. The van der Waals surface area contributed by atoms with Crippen molar-refractivity contribution in [1.82, 2.24) is 15.0 Å². The summed E-state index contributed by atoms with van der Waals surface area (Å²) in [6, 6.07) is 11.7. The third-order valence-corrected chi connectivity index (χ3v) is 5.07. The largest absolute Gasteiger partial charge is 0.352 e. The van der Waals surface area contributed by atoms with Crippen LogP contribution in [0.2, 0.25) is 0 Å². The second kappa shape index (κ2) is 6.89. The van der Waals surface area contributed by atoms with Gasteiger partial charge in [0.2, 0.25) is 5.91 Å². The molecular formula is C21H22N4O2. The number of rotatable bonds is 4. The number of nitrogens with one attached hydrogen (secondary N) is 2. The molecule has 0 spiro atoms. The van der Waals surface area contributed by atoms with Crippen LogP contribution in [0, 0.1) is 0 Å². The highest BCUT2D eigenvalue weighted by molar-refractivity contribution is 6.03. The first-order valence-corrected chi connectivity index (χ1v) is 9.02. The van der Waals surface area contributed by atoms with E-state index in [2.05, 4.69) is 16.8 Å². The molecular weight excluding hydrogens is 340 g/mol. The van der Waals surface area contributed by atoms with Gasteiger partial charge < -0.3 is 19.9 Å².